The second kappa shape index (κ2) is 7.96. The van der Waals surface area contributed by atoms with Crippen LogP contribution in [0.5, 0.6) is 0 Å². The SMILES string of the molecule is CCNC(C#N)CCN1CCN(c2ccc(F)cc2)CC1. The van der Waals surface area contributed by atoms with E-state index in [2.05, 4.69) is 21.2 Å². The molecule has 1 fully saturated rings. The van der Waals surface area contributed by atoms with E-state index in [1.807, 2.05) is 19.1 Å². The van der Waals surface area contributed by atoms with Crippen LogP contribution in [0.1, 0.15) is 13.3 Å². The zero-order valence-electron chi connectivity index (χ0n) is 12.6. The minimum absolute atomic E-state index is 0.0508. The van der Waals surface area contributed by atoms with E-state index >= 15 is 0 Å². The lowest BCUT2D eigenvalue weighted by Crippen LogP contribution is -2.47. The minimum atomic E-state index is -0.191. The highest BCUT2D eigenvalue weighted by molar-refractivity contribution is 5.46. The largest absolute Gasteiger partial charge is 0.369 e. The summed E-state index contributed by atoms with van der Waals surface area (Å²) in [4.78, 5) is 4.67. The fraction of sp³-hybridized carbons (Fsp3) is 0.562. The van der Waals surface area contributed by atoms with Gasteiger partial charge in [0.05, 0.1) is 12.1 Å². The number of piperazine rings is 1. The van der Waals surface area contributed by atoms with Gasteiger partial charge in [-0.2, -0.15) is 5.26 Å². The molecule has 21 heavy (non-hydrogen) atoms. The predicted molar refractivity (Wildman–Crippen MR) is 82.7 cm³/mol. The third-order valence-corrected chi connectivity index (χ3v) is 3.90. The fourth-order valence-corrected chi connectivity index (χ4v) is 2.65. The van der Waals surface area contributed by atoms with Crippen LogP contribution in [0.25, 0.3) is 0 Å². The second-order valence-corrected chi connectivity index (χ2v) is 5.33. The molecule has 0 radical (unpaired) electrons. The van der Waals surface area contributed by atoms with Crippen LogP contribution in [0.3, 0.4) is 0 Å². The average molecular weight is 290 g/mol. The van der Waals surface area contributed by atoms with Gasteiger partial charge >= 0.3 is 0 Å². The molecule has 1 aliphatic heterocycles. The number of halogens is 1. The van der Waals surface area contributed by atoms with Gasteiger partial charge in [0.1, 0.15) is 5.82 Å². The summed E-state index contributed by atoms with van der Waals surface area (Å²) < 4.78 is 12.9. The van der Waals surface area contributed by atoms with E-state index in [4.69, 9.17) is 5.26 Å². The standard InChI is InChI=1S/C16H23FN4/c1-2-19-15(13-18)7-8-20-9-11-21(12-10-20)16-5-3-14(17)4-6-16/h3-6,15,19H,2,7-12H2,1H3. The van der Waals surface area contributed by atoms with Crippen LogP contribution in [0.4, 0.5) is 10.1 Å². The summed E-state index contributed by atoms with van der Waals surface area (Å²) in [5.41, 5.74) is 1.08. The molecular weight excluding hydrogens is 267 g/mol. The van der Waals surface area contributed by atoms with E-state index in [1.54, 1.807) is 0 Å². The number of hydrogen-bond acceptors (Lipinski definition) is 4. The number of nitriles is 1. The first-order valence-corrected chi connectivity index (χ1v) is 7.58. The van der Waals surface area contributed by atoms with E-state index in [0.29, 0.717) is 0 Å². The highest BCUT2D eigenvalue weighted by Gasteiger charge is 2.18. The monoisotopic (exact) mass is 290 g/mol. The maximum absolute atomic E-state index is 12.9. The number of nitrogens with zero attached hydrogens (tertiary/aromatic N) is 3. The van der Waals surface area contributed by atoms with Gasteiger partial charge in [0.15, 0.2) is 0 Å². The van der Waals surface area contributed by atoms with Crippen LogP contribution in [0.15, 0.2) is 24.3 Å². The number of nitrogens with one attached hydrogen (secondary N) is 1. The molecule has 1 aromatic rings. The molecule has 1 N–H and O–H groups in total. The summed E-state index contributed by atoms with van der Waals surface area (Å²) in [6.07, 6.45) is 0.862. The van der Waals surface area contributed by atoms with Gasteiger partial charge in [-0.15, -0.1) is 0 Å². The summed E-state index contributed by atoms with van der Waals surface area (Å²) in [6, 6.07) is 8.94. The lowest BCUT2D eigenvalue weighted by atomic mass is 10.2. The smallest absolute Gasteiger partial charge is 0.123 e. The van der Waals surface area contributed by atoms with Gasteiger partial charge in [-0.3, -0.25) is 4.90 Å². The molecule has 1 aliphatic rings. The molecule has 114 valence electrons. The molecule has 0 bridgehead atoms. The number of rotatable bonds is 6. The molecule has 1 aromatic carbocycles. The zero-order valence-corrected chi connectivity index (χ0v) is 12.6. The Labute approximate surface area is 126 Å². The van der Waals surface area contributed by atoms with Crippen molar-refractivity contribution in [3.05, 3.63) is 30.1 Å². The molecule has 0 spiro atoms. The molecule has 0 saturated carbocycles. The molecule has 0 aliphatic carbocycles. The van der Waals surface area contributed by atoms with Crippen molar-refractivity contribution in [3.63, 3.8) is 0 Å². The molecule has 0 aromatic heterocycles. The van der Waals surface area contributed by atoms with Gasteiger partial charge in [-0.05, 0) is 37.2 Å². The molecule has 2 rings (SSSR count). The number of benzene rings is 1. The molecular formula is C16H23FN4. The summed E-state index contributed by atoms with van der Waals surface area (Å²) in [5.74, 6) is -0.191. The van der Waals surface area contributed by atoms with Crippen molar-refractivity contribution in [3.8, 4) is 6.07 Å². The van der Waals surface area contributed by atoms with E-state index in [9.17, 15) is 4.39 Å². The van der Waals surface area contributed by atoms with E-state index in [1.165, 1.54) is 12.1 Å². The van der Waals surface area contributed by atoms with Crippen LogP contribution < -0.4 is 10.2 Å². The molecule has 1 saturated heterocycles. The molecule has 4 nitrogen and oxygen atoms in total. The first-order valence-electron chi connectivity index (χ1n) is 7.58. The lowest BCUT2D eigenvalue weighted by molar-refractivity contribution is 0.249. The highest BCUT2D eigenvalue weighted by Crippen LogP contribution is 2.17. The summed E-state index contributed by atoms with van der Waals surface area (Å²) in [5, 5.41) is 12.2. The molecule has 0 amide bonds. The molecule has 1 heterocycles. The normalized spacial score (nSPS) is 17.5. The third kappa shape index (κ3) is 4.69. The van der Waals surface area contributed by atoms with Crippen molar-refractivity contribution in [1.29, 1.82) is 5.26 Å². The Hall–Kier alpha value is -1.64. The minimum Gasteiger partial charge on any atom is -0.369 e. The maximum Gasteiger partial charge on any atom is 0.123 e. The molecule has 1 unspecified atom stereocenters. The van der Waals surface area contributed by atoms with E-state index < -0.39 is 0 Å². The summed E-state index contributed by atoms with van der Waals surface area (Å²) in [7, 11) is 0. The highest BCUT2D eigenvalue weighted by atomic mass is 19.1. The lowest BCUT2D eigenvalue weighted by Gasteiger charge is -2.36. The van der Waals surface area contributed by atoms with Crippen molar-refractivity contribution in [2.24, 2.45) is 0 Å². The Morgan fingerprint density at radius 3 is 2.48 bits per heavy atom. The van der Waals surface area contributed by atoms with E-state index in [0.717, 1.165) is 51.4 Å². The Morgan fingerprint density at radius 2 is 1.90 bits per heavy atom. The fourth-order valence-electron chi connectivity index (χ4n) is 2.65. The number of anilines is 1. The van der Waals surface area contributed by atoms with Crippen molar-refractivity contribution in [2.45, 2.75) is 19.4 Å². The van der Waals surface area contributed by atoms with Gasteiger partial charge in [0, 0.05) is 38.4 Å². The third-order valence-electron chi connectivity index (χ3n) is 3.90. The van der Waals surface area contributed by atoms with Gasteiger partial charge in [-0.1, -0.05) is 6.92 Å². The summed E-state index contributed by atoms with van der Waals surface area (Å²) in [6.45, 7) is 7.67. The predicted octanol–water partition coefficient (Wildman–Crippen LogP) is 1.84. The zero-order chi connectivity index (χ0) is 15.1. The Balaban J connectivity index is 1.75. The van der Waals surface area contributed by atoms with Gasteiger partial charge in [0.2, 0.25) is 0 Å². The van der Waals surface area contributed by atoms with Crippen LogP contribution in [-0.2, 0) is 0 Å². The molecule has 1 atom stereocenters. The second-order valence-electron chi connectivity index (χ2n) is 5.33. The van der Waals surface area contributed by atoms with Crippen LogP contribution in [0, 0.1) is 17.1 Å². The van der Waals surface area contributed by atoms with Crippen molar-refractivity contribution >= 4 is 5.69 Å². The molecule has 5 heteroatoms. The topological polar surface area (TPSA) is 42.3 Å². The number of hydrogen-bond donors (Lipinski definition) is 1. The van der Waals surface area contributed by atoms with Crippen LogP contribution in [0.2, 0.25) is 0 Å². The van der Waals surface area contributed by atoms with Gasteiger partial charge in [-0.25, -0.2) is 4.39 Å². The van der Waals surface area contributed by atoms with Crippen LogP contribution in [-0.4, -0.2) is 50.2 Å². The van der Waals surface area contributed by atoms with Crippen molar-refractivity contribution < 1.29 is 4.39 Å². The first-order chi connectivity index (χ1) is 10.2. The average Bonchev–Trinajstić information content (AvgIpc) is 2.53. The maximum atomic E-state index is 12.9. The quantitative estimate of drug-likeness (QED) is 0.868. The Morgan fingerprint density at radius 1 is 1.24 bits per heavy atom. The Bertz CT molecular complexity index is 460. The van der Waals surface area contributed by atoms with E-state index in [-0.39, 0.29) is 11.9 Å². The van der Waals surface area contributed by atoms with Crippen molar-refractivity contribution in [1.82, 2.24) is 10.2 Å². The van der Waals surface area contributed by atoms with Crippen molar-refractivity contribution in [2.75, 3.05) is 44.2 Å². The Kier molecular flexibility index (Phi) is 5.97. The van der Waals surface area contributed by atoms with Gasteiger partial charge in [0.25, 0.3) is 0 Å². The first kappa shape index (κ1) is 15.7. The van der Waals surface area contributed by atoms with Crippen LogP contribution >= 0.6 is 0 Å². The summed E-state index contributed by atoms with van der Waals surface area (Å²) >= 11 is 0. The van der Waals surface area contributed by atoms with Gasteiger partial charge < -0.3 is 10.2 Å².